The lowest BCUT2D eigenvalue weighted by Crippen LogP contribution is -2.50. The van der Waals surface area contributed by atoms with Gasteiger partial charge in [0.15, 0.2) is 0 Å². The molecule has 0 spiro atoms. The molecule has 0 aliphatic carbocycles. The summed E-state index contributed by atoms with van der Waals surface area (Å²) in [5, 5.41) is 17.6. The highest BCUT2D eigenvalue weighted by Crippen LogP contribution is 2.33. The van der Waals surface area contributed by atoms with Crippen LogP contribution in [0.5, 0.6) is 0 Å². The highest BCUT2D eigenvalue weighted by molar-refractivity contribution is 6.09. The maximum absolute atomic E-state index is 14.1. The lowest BCUT2D eigenvalue weighted by atomic mass is 9.94. The third-order valence-electron chi connectivity index (χ3n) is 6.96. The number of hydrogen-bond acceptors (Lipinski definition) is 4. The molecule has 4 aromatic rings. The summed E-state index contributed by atoms with van der Waals surface area (Å²) in [5.74, 6) is -0.654. The van der Waals surface area contributed by atoms with Crippen LogP contribution < -0.4 is 5.32 Å². The molecular formula is C30H30FN3O3. The number of hydroxylamine groups is 3. The number of benzene rings is 3. The van der Waals surface area contributed by atoms with Crippen LogP contribution in [-0.2, 0) is 11.3 Å². The predicted octanol–water partition coefficient (Wildman–Crippen LogP) is 5.77. The molecule has 0 saturated carbocycles. The molecule has 7 heteroatoms. The number of carbonyl (C=O) groups excluding carboxylic acids is 1. The quantitative estimate of drug-likeness (QED) is 0.259. The number of ether oxygens (including phenoxy) is 1. The molecule has 37 heavy (non-hydrogen) atoms. The van der Waals surface area contributed by atoms with Gasteiger partial charge in [-0.05, 0) is 30.2 Å². The zero-order chi connectivity index (χ0) is 25.8. The Kier molecular flexibility index (Phi) is 7.28. The summed E-state index contributed by atoms with van der Waals surface area (Å²) in [6.45, 7) is 3.42. The minimum atomic E-state index is -0.485. The molecule has 1 atom stereocenters. The first-order valence-corrected chi connectivity index (χ1v) is 12.7. The van der Waals surface area contributed by atoms with Crippen LogP contribution in [0.4, 0.5) is 4.39 Å². The summed E-state index contributed by atoms with van der Waals surface area (Å²) >= 11 is 0. The molecular weight excluding hydrogens is 469 g/mol. The fourth-order valence-electron chi connectivity index (χ4n) is 5.00. The number of amides is 1. The Morgan fingerprint density at radius 3 is 2.51 bits per heavy atom. The van der Waals surface area contributed by atoms with Crippen LogP contribution in [0, 0.1) is 11.0 Å². The molecule has 2 heterocycles. The number of fused-ring (bicyclic) bond motifs is 1. The standard InChI is InChI=1S/C30H30FN3O3/c1-2-26(22-11-8-12-23(31)19-22)33-30(35)28-24-13-6-7-14-27(24)32-29(21-9-4-3-5-10-21)25(28)20-34(36)15-17-37-18-16-34/h3-14,19,26H,2,15-18,20H2,1H3,(H,33,35). The number of nitrogens with one attached hydrogen (secondary N) is 1. The van der Waals surface area contributed by atoms with Gasteiger partial charge < -0.3 is 19.9 Å². The molecule has 1 amide bonds. The van der Waals surface area contributed by atoms with Gasteiger partial charge in [0.05, 0.1) is 36.0 Å². The van der Waals surface area contributed by atoms with E-state index in [1.54, 1.807) is 6.07 Å². The molecule has 1 aromatic heterocycles. The van der Waals surface area contributed by atoms with Crippen molar-refractivity contribution in [1.82, 2.24) is 10.3 Å². The zero-order valence-electron chi connectivity index (χ0n) is 20.8. The van der Waals surface area contributed by atoms with Crippen LogP contribution in [0.1, 0.15) is 40.9 Å². The summed E-state index contributed by atoms with van der Waals surface area (Å²) in [5.41, 5.74) is 3.90. The second kappa shape index (κ2) is 10.8. The van der Waals surface area contributed by atoms with Crippen molar-refractivity contribution < 1.29 is 18.6 Å². The third kappa shape index (κ3) is 5.39. The van der Waals surface area contributed by atoms with Gasteiger partial charge in [-0.1, -0.05) is 67.6 Å². The molecule has 6 nitrogen and oxygen atoms in total. The van der Waals surface area contributed by atoms with Gasteiger partial charge in [0.1, 0.15) is 25.5 Å². The Morgan fingerprint density at radius 1 is 1.05 bits per heavy atom. The molecule has 1 aliphatic heterocycles. The SMILES string of the molecule is CCC(NC(=O)c1c(C[N+]2([O-])CCOCC2)c(-c2ccccc2)nc2ccccc12)c1cccc(F)c1. The number of pyridine rings is 1. The van der Waals surface area contributed by atoms with Crippen LogP contribution in [0.2, 0.25) is 0 Å². The average Bonchev–Trinajstić information content (AvgIpc) is 2.92. The maximum Gasteiger partial charge on any atom is 0.253 e. The van der Waals surface area contributed by atoms with Crippen molar-refractivity contribution in [3.63, 3.8) is 0 Å². The van der Waals surface area contributed by atoms with Gasteiger partial charge in [0, 0.05) is 16.5 Å². The number of halogens is 1. The number of nitrogens with zero attached hydrogens (tertiary/aromatic N) is 2. The molecule has 3 aromatic carbocycles. The number of rotatable bonds is 7. The minimum absolute atomic E-state index is 0.102. The van der Waals surface area contributed by atoms with Gasteiger partial charge in [-0.2, -0.15) is 0 Å². The van der Waals surface area contributed by atoms with Crippen molar-refractivity contribution in [2.24, 2.45) is 0 Å². The van der Waals surface area contributed by atoms with Crippen LogP contribution in [0.25, 0.3) is 22.2 Å². The molecule has 1 saturated heterocycles. The van der Waals surface area contributed by atoms with Crippen LogP contribution >= 0.6 is 0 Å². The Balaban J connectivity index is 1.67. The van der Waals surface area contributed by atoms with Crippen LogP contribution in [0.3, 0.4) is 0 Å². The lowest BCUT2D eigenvalue weighted by molar-refractivity contribution is -0.901. The van der Waals surface area contributed by atoms with Crippen molar-refractivity contribution >= 4 is 16.8 Å². The van der Waals surface area contributed by atoms with E-state index in [2.05, 4.69) is 5.32 Å². The van der Waals surface area contributed by atoms with Gasteiger partial charge in [-0.25, -0.2) is 9.37 Å². The second-order valence-electron chi connectivity index (χ2n) is 9.46. The van der Waals surface area contributed by atoms with E-state index in [-0.39, 0.29) is 24.3 Å². The Hall–Kier alpha value is -3.65. The van der Waals surface area contributed by atoms with Crippen molar-refractivity contribution in [3.8, 4) is 11.3 Å². The van der Waals surface area contributed by atoms with E-state index in [4.69, 9.17) is 9.72 Å². The van der Waals surface area contributed by atoms with Crippen molar-refractivity contribution in [3.05, 3.63) is 107 Å². The summed E-state index contributed by atoms with van der Waals surface area (Å²) in [6, 6.07) is 23.0. The van der Waals surface area contributed by atoms with Gasteiger partial charge in [-0.3, -0.25) is 4.79 Å². The summed E-state index contributed by atoms with van der Waals surface area (Å²) in [4.78, 5) is 19.0. The first-order valence-electron chi connectivity index (χ1n) is 12.7. The van der Waals surface area contributed by atoms with E-state index in [1.165, 1.54) is 12.1 Å². The Labute approximate surface area is 215 Å². The molecule has 1 N–H and O–H groups in total. The van der Waals surface area contributed by atoms with Gasteiger partial charge >= 0.3 is 0 Å². The van der Waals surface area contributed by atoms with Crippen LogP contribution in [-0.4, -0.2) is 41.8 Å². The highest BCUT2D eigenvalue weighted by atomic mass is 19.1. The first-order chi connectivity index (χ1) is 18.0. The largest absolute Gasteiger partial charge is 0.632 e. The number of hydrogen-bond donors (Lipinski definition) is 1. The van der Waals surface area contributed by atoms with E-state index >= 15 is 0 Å². The highest BCUT2D eigenvalue weighted by Gasteiger charge is 2.30. The lowest BCUT2D eigenvalue weighted by Gasteiger charge is -2.45. The molecule has 5 rings (SSSR count). The molecule has 0 radical (unpaired) electrons. The molecule has 1 aliphatic rings. The van der Waals surface area contributed by atoms with Crippen molar-refractivity contribution in [2.75, 3.05) is 26.3 Å². The van der Waals surface area contributed by atoms with Crippen LogP contribution in [0.15, 0.2) is 78.9 Å². The number of para-hydroxylation sites is 1. The topological polar surface area (TPSA) is 74.3 Å². The monoisotopic (exact) mass is 499 g/mol. The summed E-state index contributed by atoms with van der Waals surface area (Å²) in [6.07, 6.45) is 0.581. The number of carbonyl (C=O) groups is 1. The maximum atomic E-state index is 14.1. The fourth-order valence-corrected chi connectivity index (χ4v) is 5.00. The smallest absolute Gasteiger partial charge is 0.253 e. The number of quaternary nitrogens is 1. The van der Waals surface area contributed by atoms with Crippen molar-refractivity contribution in [1.29, 1.82) is 0 Å². The van der Waals surface area contributed by atoms with Gasteiger partial charge in [0.25, 0.3) is 5.91 Å². The fraction of sp³-hybridized carbons (Fsp3) is 0.267. The zero-order valence-corrected chi connectivity index (χ0v) is 20.8. The Bertz CT molecular complexity index is 1400. The molecule has 1 fully saturated rings. The van der Waals surface area contributed by atoms with Gasteiger partial charge in [-0.15, -0.1) is 0 Å². The van der Waals surface area contributed by atoms with E-state index in [0.29, 0.717) is 66.0 Å². The first kappa shape index (κ1) is 25.0. The third-order valence-corrected chi connectivity index (χ3v) is 6.96. The average molecular weight is 500 g/mol. The van der Waals surface area contributed by atoms with E-state index in [1.807, 2.05) is 67.6 Å². The molecule has 190 valence electrons. The predicted molar refractivity (Wildman–Crippen MR) is 142 cm³/mol. The second-order valence-corrected chi connectivity index (χ2v) is 9.46. The van der Waals surface area contributed by atoms with Crippen molar-refractivity contribution in [2.45, 2.75) is 25.9 Å². The normalized spacial score (nSPS) is 15.9. The molecule has 0 bridgehead atoms. The van der Waals surface area contributed by atoms with Gasteiger partial charge in [0.2, 0.25) is 0 Å². The number of aromatic nitrogens is 1. The Morgan fingerprint density at radius 2 is 1.78 bits per heavy atom. The van der Waals surface area contributed by atoms with E-state index in [0.717, 1.165) is 5.56 Å². The minimum Gasteiger partial charge on any atom is -0.632 e. The summed E-state index contributed by atoms with van der Waals surface area (Å²) < 4.78 is 18.9. The van der Waals surface area contributed by atoms with E-state index < -0.39 is 4.65 Å². The number of morpholine rings is 1. The summed E-state index contributed by atoms with van der Waals surface area (Å²) in [7, 11) is 0. The molecule has 1 unspecified atom stereocenters. The van der Waals surface area contributed by atoms with E-state index in [9.17, 15) is 14.4 Å².